The van der Waals surface area contributed by atoms with Gasteiger partial charge < -0.3 is 15.8 Å². The fraction of sp³-hybridized carbons (Fsp3) is 0.250. The molecule has 12 heteroatoms. The number of nitrogens with two attached hydrogens (primary N) is 1. The summed E-state index contributed by atoms with van der Waals surface area (Å²) < 4.78 is 40.4. The van der Waals surface area contributed by atoms with E-state index in [1.807, 2.05) is 0 Å². The van der Waals surface area contributed by atoms with Crippen molar-refractivity contribution in [3.63, 3.8) is 0 Å². The molecule has 0 aliphatic rings. The summed E-state index contributed by atoms with van der Waals surface area (Å²) in [6.45, 7) is -1.18. The maximum atomic E-state index is 12.0. The molecule has 2 aromatic rings. The van der Waals surface area contributed by atoms with Gasteiger partial charge in [-0.2, -0.15) is 13.2 Å². The van der Waals surface area contributed by atoms with Gasteiger partial charge in [0.15, 0.2) is 6.61 Å². The van der Waals surface area contributed by atoms with E-state index >= 15 is 0 Å². The molecule has 0 aliphatic heterocycles. The molecule has 0 spiro atoms. The van der Waals surface area contributed by atoms with Crippen LogP contribution in [0.4, 0.5) is 18.9 Å². The van der Waals surface area contributed by atoms with Crippen molar-refractivity contribution in [2.45, 2.75) is 12.7 Å². The summed E-state index contributed by atoms with van der Waals surface area (Å²) in [6.07, 6.45) is -3.24. The van der Waals surface area contributed by atoms with Crippen molar-refractivity contribution in [3.05, 3.63) is 34.4 Å². The molecule has 0 aromatic carbocycles. The number of halogens is 5. The Morgan fingerprint density at radius 1 is 1.33 bits per heavy atom. The minimum absolute atomic E-state index is 0. The van der Waals surface area contributed by atoms with Crippen LogP contribution in [0.2, 0.25) is 0 Å². The second kappa shape index (κ2) is 9.62. The number of pyridine rings is 1. The number of nitrogens with zero attached hydrogens (tertiary/aromatic N) is 2. The zero-order chi connectivity index (χ0) is 16.2. The van der Waals surface area contributed by atoms with Gasteiger partial charge in [0.2, 0.25) is 5.88 Å². The van der Waals surface area contributed by atoms with Crippen molar-refractivity contribution in [3.8, 4) is 5.88 Å². The van der Waals surface area contributed by atoms with E-state index in [1.54, 1.807) is 5.38 Å². The van der Waals surface area contributed by atoms with Crippen LogP contribution in [0.5, 0.6) is 5.88 Å². The summed E-state index contributed by atoms with van der Waals surface area (Å²) in [4.78, 5) is 19.6. The highest BCUT2D eigenvalue weighted by Crippen LogP contribution is 2.18. The van der Waals surface area contributed by atoms with Crippen molar-refractivity contribution in [2.75, 3.05) is 11.9 Å². The van der Waals surface area contributed by atoms with Crippen molar-refractivity contribution in [1.29, 1.82) is 0 Å². The summed E-state index contributed by atoms with van der Waals surface area (Å²) in [5, 5.41) is 4.70. The van der Waals surface area contributed by atoms with Gasteiger partial charge in [0.25, 0.3) is 5.91 Å². The Bertz CT molecular complexity index is 652. The lowest BCUT2D eigenvalue weighted by molar-refractivity contribution is -0.154. The highest BCUT2D eigenvalue weighted by atomic mass is 35.5. The molecule has 134 valence electrons. The molecular formula is C12H13Cl2F3N4O2S. The minimum atomic E-state index is -4.43. The lowest BCUT2D eigenvalue weighted by Crippen LogP contribution is -2.19. The van der Waals surface area contributed by atoms with E-state index in [1.165, 1.54) is 29.7 Å². The molecule has 0 fully saturated rings. The Morgan fingerprint density at radius 3 is 2.54 bits per heavy atom. The lowest BCUT2D eigenvalue weighted by Gasteiger charge is -2.08. The molecule has 1 amide bonds. The Morgan fingerprint density at radius 2 is 2.04 bits per heavy atom. The van der Waals surface area contributed by atoms with E-state index in [2.05, 4.69) is 20.0 Å². The molecule has 2 aromatic heterocycles. The minimum Gasteiger partial charge on any atom is -0.468 e. The van der Waals surface area contributed by atoms with Gasteiger partial charge in [-0.15, -0.1) is 36.2 Å². The first-order valence-corrected chi connectivity index (χ1v) is 6.87. The SMILES string of the molecule is Cl.Cl.NCc1nc(C(=O)Nc2ccc(OCC(F)(F)F)nc2)cs1. The number of alkyl halides is 3. The van der Waals surface area contributed by atoms with Gasteiger partial charge in [-0.05, 0) is 6.07 Å². The molecular weight excluding hydrogens is 392 g/mol. The quantitative estimate of drug-likeness (QED) is 0.798. The second-order valence-electron chi connectivity index (χ2n) is 4.07. The van der Waals surface area contributed by atoms with Crippen molar-refractivity contribution >= 4 is 47.7 Å². The average molecular weight is 405 g/mol. The zero-order valence-electron chi connectivity index (χ0n) is 11.9. The van der Waals surface area contributed by atoms with E-state index in [0.29, 0.717) is 10.7 Å². The summed E-state index contributed by atoms with van der Waals surface area (Å²) >= 11 is 1.26. The molecule has 0 bridgehead atoms. The summed E-state index contributed by atoms with van der Waals surface area (Å²) in [5.41, 5.74) is 5.93. The van der Waals surface area contributed by atoms with Crippen LogP contribution < -0.4 is 15.8 Å². The van der Waals surface area contributed by atoms with Crippen molar-refractivity contribution in [1.82, 2.24) is 9.97 Å². The molecule has 0 saturated carbocycles. The topological polar surface area (TPSA) is 90.1 Å². The van der Waals surface area contributed by atoms with Crippen LogP contribution in [0.25, 0.3) is 0 Å². The van der Waals surface area contributed by atoms with Gasteiger partial charge in [0.05, 0.1) is 11.9 Å². The van der Waals surface area contributed by atoms with Gasteiger partial charge in [-0.3, -0.25) is 4.79 Å². The zero-order valence-corrected chi connectivity index (χ0v) is 14.3. The fourth-order valence-corrected chi connectivity index (χ4v) is 2.05. The number of amides is 1. The largest absolute Gasteiger partial charge is 0.468 e. The Labute approximate surface area is 151 Å². The second-order valence-corrected chi connectivity index (χ2v) is 5.02. The summed E-state index contributed by atoms with van der Waals surface area (Å²) in [6, 6.07) is 2.61. The number of carbonyl (C=O) groups is 1. The Balaban J connectivity index is 0.00000264. The maximum Gasteiger partial charge on any atom is 0.422 e. The van der Waals surface area contributed by atoms with Crippen LogP contribution in [-0.4, -0.2) is 28.7 Å². The lowest BCUT2D eigenvalue weighted by atomic mass is 10.4. The van der Waals surface area contributed by atoms with E-state index in [4.69, 9.17) is 5.73 Å². The van der Waals surface area contributed by atoms with Gasteiger partial charge in [-0.25, -0.2) is 9.97 Å². The van der Waals surface area contributed by atoms with Gasteiger partial charge in [0, 0.05) is 18.0 Å². The number of nitrogens with one attached hydrogen (secondary N) is 1. The number of aromatic nitrogens is 2. The number of hydrogen-bond donors (Lipinski definition) is 2. The van der Waals surface area contributed by atoms with Crippen LogP contribution in [0.1, 0.15) is 15.5 Å². The predicted molar refractivity (Wildman–Crippen MR) is 88.2 cm³/mol. The monoisotopic (exact) mass is 404 g/mol. The molecule has 6 nitrogen and oxygen atoms in total. The number of carbonyl (C=O) groups excluding carboxylic acids is 1. The smallest absolute Gasteiger partial charge is 0.422 e. The molecule has 3 N–H and O–H groups in total. The Hall–Kier alpha value is -1.62. The van der Waals surface area contributed by atoms with E-state index in [9.17, 15) is 18.0 Å². The van der Waals surface area contributed by atoms with E-state index in [-0.39, 0.29) is 42.9 Å². The molecule has 0 radical (unpaired) electrons. The summed E-state index contributed by atoms with van der Waals surface area (Å²) in [5.74, 6) is -0.642. The summed E-state index contributed by atoms with van der Waals surface area (Å²) in [7, 11) is 0. The first-order valence-electron chi connectivity index (χ1n) is 5.99. The van der Waals surface area contributed by atoms with Crippen molar-refractivity contribution < 1.29 is 22.7 Å². The van der Waals surface area contributed by atoms with Gasteiger partial charge >= 0.3 is 6.18 Å². The molecule has 2 rings (SSSR count). The predicted octanol–water partition coefficient (Wildman–Crippen LogP) is 3.03. The van der Waals surface area contributed by atoms with Gasteiger partial charge in [0.1, 0.15) is 10.7 Å². The van der Waals surface area contributed by atoms with E-state index < -0.39 is 18.7 Å². The number of ether oxygens (including phenoxy) is 1. The molecule has 24 heavy (non-hydrogen) atoms. The number of anilines is 1. The highest BCUT2D eigenvalue weighted by molar-refractivity contribution is 7.09. The fourth-order valence-electron chi connectivity index (χ4n) is 1.40. The normalized spacial score (nSPS) is 10.3. The van der Waals surface area contributed by atoms with E-state index in [0.717, 1.165) is 0 Å². The maximum absolute atomic E-state index is 12.0. The highest BCUT2D eigenvalue weighted by Gasteiger charge is 2.28. The average Bonchev–Trinajstić information content (AvgIpc) is 2.95. The van der Waals surface area contributed by atoms with Gasteiger partial charge in [-0.1, -0.05) is 0 Å². The standard InChI is InChI=1S/C12H11F3N4O2S.2ClH/c13-12(14,15)6-21-9-2-1-7(4-17-9)18-11(20)8-5-22-10(3-16)19-8;;/h1-2,4-5H,3,6,16H2,(H,18,20);2*1H. The third-order valence-corrected chi connectivity index (χ3v) is 3.21. The Kier molecular flexibility index (Phi) is 8.97. The third kappa shape index (κ3) is 6.87. The van der Waals surface area contributed by atoms with Crippen LogP contribution in [-0.2, 0) is 6.54 Å². The number of thiazole rings is 1. The molecule has 0 atom stereocenters. The van der Waals surface area contributed by atoms with Crippen LogP contribution >= 0.6 is 36.2 Å². The number of rotatable bonds is 5. The third-order valence-electron chi connectivity index (χ3n) is 2.34. The first-order chi connectivity index (χ1) is 10.4. The molecule has 0 saturated heterocycles. The van der Waals surface area contributed by atoms with Crippen LogP contribution in [0.15, 0.2) is 23.7 Å². The molecule has 0 aliphatic carbocycles. The molecule has 2 heterocycles. The van der Waals surface area contributed by atoms with Crippen molar-refractivity contribution in [2.24, 2.45) is 5.73 Å². The van der Waals surface area contributed by atoms with Crippen LogP contribution in [0, 0.1) is 0 Å². The molecule has 0 unspecified atom stereocenters. The first kappa shape index (κ1) is 22.4. The number of hydrogen-bond acceptors (Lipinski definition) is 6. The van der Waals surface area contributed by atoms with Crippen LogP contribution in [0.3, 0.4) is 0 Å².